The van der Waals surface area contributed by atoms with Crippen molar-refractivity contribution in [2.24, 2.45) is 5.73 Å². The molecule has 0 saturated heterocycles. The number of carbonyl (C=O) groups is 1. The van der Waals surface area contributed by atoms with Crippen LogP contribution in [-0.2, 0) is 5.54 Å². The zero-order valence-corrected chi connectivity index (χ0v) is 16.5. The molecule has 0 aliphatic heterocycles. The Bertz CT molecular complexity index is 1010. The largest absolute Gasteiger partial charge is 0.481 e. The lowest BCUT2D eigenvalue weighted by molar-refractivity contribution is 0.100. The zero-order valence-electron chi connectivity index (χ0n) is 15.7. The van der Waals surface area contributed by atoms with Crippen LogP contribution in [0, 0.1) is 0 Å². The van der Waals surface area contributed by atoms with Gasteiger partial charge in [0.25, 0.3) is 0 Å². The van der Waals surface area contributed by atoms with Crippen LogP contribution in [0.3, 0.4) is 0 Å². The number of methoxy groups -OCH3 is 1. The Labute approximate surface area is 167 Å². The van der Waals surface area contributed by atoms with Crippen molar-refractivity contribution in [3.05, 3.63) is 65.1 Å². The van der Waals surface area contributed by atoms with E-state index < -0.39 is 11.4 Å². The minimum absolute atomic E-state index is 0.417. The number of hydrogen-bond donors (Lipinski definition) is 2. The van der Waals surface area contributed by atoms with Gasteiger partial charge in [0.05, 0.1) is 23.4 Å². The van der Waals surface area contributed by atoms with E-state index in [0.717, 1.165) is 11.1 Å². The third-order valence-electron chi connectivity index (χ3n) is 4.18. The van der Waals surface area contributed by atoms with Gasteiger partial charge in [0.2, 0.25) is 17.7 Å². The first-order valence-corrected chi connectivity index (χ1v) is 8.89. The molecule has 2 heterocycles. The van der Waals surface area contributed by atoms with Gasteiger partial charge in [-0.3, -0.25) is 4.79 Å². The molecule has 8 heteroatoms. The van der Waals surface area contributed by atoms with Crippen molar-refractivity contribution in [2.75, 3.05) is 12.4 Å². The predicted molar refractivity (Wildman–Crippen MR) is 108 cm³/mol. The summed E-state index contributed by atoms with van der Waals surface area (Å²) < 4.78 is 5.18. The van der Waals surface area contributed by atoms with E-state index >= 15 is 0 Å². The van der Waals surface area contributed by atoms with Gasteiger partial charge >= 0.3 is 0 Å². The third kappa shape index (κ3) is 4.20. The Morgan fingerprint density at radius 2 is 1.86 bits per heavy atom. The summed E-state index contributed by atoms with van der Waals surface area (Å²) in [6.45, 7) is 3.85. The summed E-state index contributed by atoms with van der Waals surface area (Å²) in [6.07, 6.45) is 3.35. The molecule has 0 fully saturated rings. The van der Waals surface area contributed by atoms with Crippen LogP contribution in [0.15, 0.2) is 48.8 Å². The Morgan fingerprint density at radius 3 is 2.50 bits per heavy atom. The lowest BCUT2D eigenvalue weighted by atomic mass is 10.00. The van der Waals surface area contributed by atoms with E-state index in [1.807, 2.05) is 19.9 Å². The fraction of sp³-hybridized carbons (Fsp3) is 0.200. The summed E-state index contributed by atoms with van der Waals surface area (Å²) in [5.41, 5.74) is 7.32. The first-order chi connectivity index (χ1) is 13.3. The molecular weight excluding hydrogens is 378 g/mol. The molecule has 0 radical (unpaired) electrons. The summed E-state index contributed by atoms with van der Waals surface area (Å²) in [6, 6.07) is 10.4. The molecule has 3 aromatic rings. The Hall–Kier alpha value is -3.19. The molecule has 2 aromatic heterocycles. The fourth-order valence-electron chi connectivity index (χ4n) is 2.71. The second kappa shape index (κ2) is 7.82. The van der Waals surface area contributed by atoms with Crippen molar-refractivity contribution in [1.82, 2.24) is 15.0 Å². The van der Waals surface area contributed by atoms with Gasteiger partial charge in [-0.2, -0.15) is 0 Å². The first kappa shape index (κ1) is 19.6. The number of carbonyl (C=O) groups excluding carboxylic acids is 1. The van der Waals surface area contributed by atoms with Crippen molar-refractivity contribution in [2.45, 2.75) is 19.4 Å². The minimum Gasteiger partial charge on any atom is -0.481 e. The summed E-state index contributed by atoms with van der Waals surface area (Å²) in [4.78, 5) is 24.5. The van der Waals surface area contributed by atoms with Gasteiger partial charge in [0.15, 0.2) is 0 Å². The molecule has 3 N–H and O–H groups in total. The summed E-state index contributed by atoms with van der Waals surface area (Å²) in [5.74, 6) is 0.408. The number of anilines is 1. The second-order valence-corrected chi connectivity index (χ2v) is 7.08. The molecule has 28 heavy (non-hydrogen) atoms. The van der Waals surface area contributed by atoms with E-state index in [4.69, 9.17) is 22.1 Å². The van der Waals surface area contributed by atoms with Gasteiger partial charge in [-0.15, -0.1) is 0 Å². The number of hydrogen-bond acceptors (Lipinski definition) is 6. The van der Waals surface area contributed by atoms with Crippen LogP contribution in [0.5, 0.6) is 5.88 Å². The molecule has 0 aliphatic carbocycles. The van der Waals surface area contributed by atoms with Crippen LogP contribution in [0.25, 0.3) is 11.1 Å². The highest BCUT2D eigenvalue weighted by atomic mass is 35.5. The number of aromatic nitrogens is 3. The fourth-order valence-corrected chi connectivity index (χ4v) is 3.05. The maximum absolute atomic E-state index is 11.4. The third-order valence-corrected chi connectivity index (χ3v) is 4.48. The molecule has 0 saturated carbocycles. The van der Waals surface area contributed by atoms with E-state index in [0.29, 0.717) is 28.1 Å². The van der Waals surface area contributed by atoms with Crippen LogP contribution in [-0.4, -0.2) is 28.0 Å². The molecule has 0 unspecified atom stereocenters. The first-order valence-electron chi connectivity index (χ1n) is 8.51. The maximum Gasteiger partial charge on any atom is 0.248 e. The molecule has 0 aliphatic rings. The molecule has 7 nitrogen and oxygen atoms in total. The van der Waals surface area contributed by atoms with Gasteiger partial charge in [-0.1, -0.05) is 23.7 Å². The molecular formula is C20H20ClN5O2. The van der Waals surface area contributed by atoms with E-state index in [1.54, 1.807) is 49.8 Å². The van der Waals surface area contributed by atoms with Crippen LogP contribution >= 0.6 is 11.6 Å². The number of nitrogens with two attached hydrogens (primary N) is 1. The number of nitrogens with zero attached hydrogens (tertiary/aromatic N) is 3. The lowest BCUT2D eigenvalue weighted by Gasteiger charge is -2.26. The zero-order chi connectivity index (χ0) is 20.3. The number of pyridine rings is 1. The molecule has 1 amide bonds. The SMILES string of the molecule is COc1ccc(Cl)c(C(C)(C)Nc2ncc(-c3cccc(C(N)=O)c3)cn2)n1. The van der Waals surface area contributed by atoms with Crippen molar-refractivity contribution in [3.63, 3.8) is 0 Å². The van der Waals surface area contributed by atoms with Crippen LogP contribution in [0.2, 0.25) is 5.02 Å². The minimum atomic E-state index is -0.640. The van der Waals surface area contributed by atoms with E-state index in [1.165, 1.54) is 0 Å². The van der Waals surface area contributed by atoms with Crippen LogP contribution in [0.1, 0.15) is 29.9 Å². The highest BCUT2D eigenvalue weighted by Crippen LogP contribution is 2.30. The van der Waals surface area contributed by atoms with Gasteiger partial charge in [-0.25, -0.2) is 15.0 Å². The summed E-state index contributed by atoms with van der Waals surface area (Å²) in [7, 11) is 1.55. The topological polar surface area (TPSA) is 103 Å². The molecule has 144 valence electrons. The molecule has 3 rings (SSSR count). The van der Waals surface area contributed by atoms with Crippen LogP contribution in [0.4, 0.5) is 5.95 Å². The monoisotopic (exact) mass is 397 g/mol. The van der Waals surface area contributed by atoms with Gasteiger partial charge in [0, 0.05) is 29.6 Å². The number of halogens is 1. The van der Waals surface area contributed by atoms with Gasteiger partial charge in [-0.05, 0) is 37.6 Å². The van der Waals surface area contributed by atoms with Gasteiger partial charge in [0.1, 0.15) is 0 Å². The summed E-state index contributed by atoms with van der Waals surface area (Å²) >= 11 is 6.31. The van der Waals surface area contributed by atoms with Crippen molar-refractivity contribution in [3.8, 4) is 17.0 Å². The predicted octanol–water partition coefficient (Wildman–Crippen LogP) is 3.65. The van der Waals surface area contributed by atoms with Crippen LogP contribution < -0.4 is 15.8 Å². The Kier molecular flexibility index (Phi) is 5.46. The van der Waals surface area contributed by atoms with Crippen molar-refractivity contribution < 1.29 is 9.53 Å². The molecule has 0 atom stereocenters. The smallest absolute Gasteiger partial charge is 0.248 e. The highest BCUT2D eigenvalue weighted by Gasteiger charge is 2.26. The number of primary amides is 1. The quantitative estimate of drug-likeness (QED) is 0.658. The second-order valence-electron chi connectivity index (χ2n) is 6.67. The average molecular weight is 398 g/mol. The number of rotatable bonds is 6. The molecule has 0 bridgehead atoms. The number of ether oxygens (including phenoxy) is 1. The van der Waals surface area contributed by atoms with Crippen molar-refractivity contribution >= 4 is 23.5 Å². The van der Waals surface area contributed by atoms with Crippen molar-refractivity contribution in [1.29, 1.82) is 0 Å². The normalized spacial score (nSPS) is 11.1. The van der Waals surface area contributed by atoms with Gasteiger partial charge < -0.3 is 15.8 Å². The maximum atomic E-state index is 11.4. The Morgan fingerprint density at radius 1 is 1.14 bits per heavy atom. The molecule has 0 spiro atoms. The molecule has 1 aromatic carbocycles. The van der Waals surface area contributed by atoms with E-state index in [9.17, 15) is 4.79 Å². The summed E-state index contributed by atoms with van der Waals surface area (Å²) in [5, 5.41) is 3.75. The number of amides is 1. The van der Waals surface area contributed by atoms with E-state index in [2.05, 4.69) is 20.3 Å². The Balaban J connectivity index is 1.84. The van der Waals surface area contributed by atoms with E-state index in [-0.39, 0.29) is 0 Å². The standard InChI is InChI=1S/C20H20ClN5O2/c1-20(2,17-15(21)7-8-16(25-17)28-3)26-19-23-10-14(11-24-19)12-5-4-6-13(9-12)18(22)27/h4-11H,1-3H3,(H2,22,27)(H,23,24,26). The number of nitrogens with one attached hydrogen (secondary N) is 1. The average Bonchev–Trinajstić information content (AvgIpc) is 2.68. The lowest BCUT2D eigenvalue weighted by Crippen LogP contribution is -2.30. The highest BCUT2D eigenvalue weighted by molar-refractivity contribution is 6.31. The number of benzene rings is 1.